The van der Waals surface area contributed by atoms with E-state index in [0.717, 1.165) is 5.56 Å². The lowest BCUT2D eigenvalue weighted by atomic mass is 10.1. The monoisotopic (exact) mass is 264 g/mol. The average molecular weight is 264 g/mol. The van der Waals surface area contributed by atoms with Gasteiger partial charge in [0.15, 0.2) is 0 Å². The summed E-state index contributed by atoms with van der Waals surface area (Å²) in [5, 5.41) is 11.9. The van der Waals surface area contributed by atoms with E-state index in [-0.39, 0.29) is 18.0 Å². The van der Waals surface area contributed by atoms with E-state index in [1.165, 1.54) is 0 Å². The average Bonchev–Trinajstić information content (AvgIpc) is 2.40. The normalized spacial score (nSPS) is 10.2. The van der Waals surface area contributed by atoms with Crippen molar-refractivity contribution < 1.29 is 14.7 Å². The molecule has 0 unspecified atom stereocenters. The van der Waals surface area contributed by atoms with E-state index in [9.17, 15) is 9.59 Å². The SMILES string of the molecule is CCN(CC)C(=O)CNCc1cccc(C(=O)O)c1. The smallest absolute Gasteiger partial charge is 0.335 e. The molecule has 0 atom stereocenters. The Bertz CT molecular complexity index is 442. The lowest BCUT2D eigenvalue weighted by Gasteiger charge is -2.18. The molecule has 0 heterocycles. The van der Waals surface area contributed by atoms with Gasteiger partial charge >= 0.3 is 5.97 Å². The van der Waals surface area contributed by atoms with Gasteiger partial charge in [0.25, 0.3) is 0 Å². The van der Waals surface area contributed by atoms with Crippen molar-refractivity contribution in [3.05, 3.63) is 35.4 Å². The van der Waals surface area contributed by atoms with Crippen molar-refractivity contribution in [2.24, 2.45) is 0 Å². The number of carboxylic acid groups (broad SMARTS) is 1. The van der Waals surface area contributed by atoms with Crippen LogP contribution in [-0.2, 0) is 11.3 Å². The van der Waals surface area contributed by atoms with E-state index in [1.807, 2.05) is 19.9 Å². The van der Waals surface area contributed by atoms with Crippen molar-refractivity contribution in [1.29, 1.82) is 0 Å². The molecule has 0 spiro atoms. The minimum Gasteiger partial charge on any atom is -0.478 e. The third-order valence-electron chi connectivity index (χ3n) is 2.90. The lowest BCUT2D eigenvalue weighted by molar-refractivity contribution is -0.129. The summed E-state index contributed by atoms with van der Waals surface area (Å²) in [6, 6.07) is 6.69. The third-order valence-corrected chi connectivity index (χ3v) is 2.90. The molecule has 0 aliphatic rings. The highest BCUT2D eigenvalue weighted by Gasteiger charge is 2.08. The van der Waals surface area contributed by atoms with E-state index in [4.69, 9.17) is 5.11 Å². The number of likely N-dealkylation sites (N-methyl/N-ethyl adjacent to an activating group) is 1. The first-order valence-corrected chi connectivity index (χ1v) is 6.39. The van der Waals surface area contributed by atoms with Crippen LogP contribution in [-0.4, -0.2) is 41.5 Å². The molecule has 1 amide bonds. The van der Waals surface area contributed by atoms with E-state index >= 15 is 0 Å². The van der Waals surface area contributed by atoms with Gasteiger partial charge < -0.3 is 15.3 Å². The summed E-state index contributed by atoms with van der Waals surface area (Å²) < 4.78 is 0. The lowest BCUT2D eigenvalue weighted by Crippen LogP contribution is -2.37. The van der Waals surface area contributed by atoms with Crippen LogP contribution in [0.1, 0.15) is 29.8 Å². The van der Waals surface area contributed by atoms with Crippen molar-refractivity contribution in [1.82, 2.24) is 10.2 Å². The summed E-state index contributed by atoms with van der Waals surface area (Å²) >= 11 is 0. The number of nitrogens with zero attached hydrogens (tertiary/aromatic N) is 1. The van der Waals surface area contributed by atoms with Gasteiger partial charge in [-0.1, -0.05) is 12.1 Å². The fourth-order valence-electron chi connectivity index (χ4n) is 1.82. The van der Waals surface area contributed by atoms with Crippen LogP contribution in [0.2, 0.25) is 0 Å². The van der Waals surface area contributed by atoms with Gasteiger partial charge in [-0.15, -0.1) is 0 Å². The number of hydrogen-bond donors (Lipinski definition) is 2. The van der Waals surface area contributed by atoms with Gasteiger partial charge in [0, 0.05) is 19.6 Å². The number of carbonyl (C=O) groups is 2. The van der Waals surface area contributed by atoms with Gasteiger partial charge in [0.1, 0.15) is 0 Å². The Morgan fingerprint density at radius 3 is 2.53 bits per heavy atom. The highest BCUT2D eigenvalue weighted by Crippen LogP contribution is 2.05. The van der Waals surface area contributed by atoms with Crippen molar-refractivity contribution in [2.75, 3.05) is 19.6 Å². The molecule has 2 N–H and O–H groups in total. The van der Waals surface area contributed by atoms with Crippen LogP contribution in [0, 0.1) is 0 Å². The van der Waals surface area contributed by atoms with Gasteiger partial charge in [0.05, 0.1) is 12.1 Å². The van der Waals surface area contributed by atoms with Crippen molar-refractivity contribution in [3.8, 4) is 0 Å². The standard InChI is InChI=1S/C14H20N2O3/c1-3-16(4-2)13(17)10-15-9-11-6-5-7-12(8-11)14(18)19/h5-8,15H,3-4,9-10H2,1-2H3,(H,18,19). The molecular weight excluding hydrogens is 244 g/mol. The molecule has 1 aromatic carbocycles. The molecule has 5 heteroatoms. The van der Waals surface area contributed by atoms with E-state index < -0.39 is 5.97 Å². The second kappa shape index (κ2) is 7.53. The van der Waals surface area contributed by atoms with Crippen LogP contribution in [0.5, 0.6) is 0 Å². The maximum absolute atomic E-state index is 11.7. The van der Waals surface area contributed by atoms with Crippen molar-refractivity contribution >= 4 is 11.9 Å². The second-order valence-electron chi connectivity index (χ2n) is 4.18. The van der Waals surface area contributed by atoms with Gasteiger partial charge in [-0.05, 0) is 31.5 Å². The molecule has 0 saturated heterocycles. The zero-order chi connectivity index (χ0) is 14.3. The summed E-state index contributed by atoms with van der Waals surface area (Å²) in [7, 11) is 0. The first kappa shape index (κ1) is 15.2. The number of hydrogen-bond acceptors (Lipinski definition) is 3. The topological polar surface area (TPSA) is 69.6 Å². The van der Waals surface area contributed by atoms with Gasteiger partial charge in [0.2, 0.25) is 5.91 Å². The Kier molecular flexibility index (Phi) is 6.02. The predicted molar refractivity (Wildman–Crippen MR) is 73.0 cm³/mol. The molecule has 0 aliphatic heterocycles. The number of rotatable bonds is 7. The first-order chi connectivity index (χ1) is 9.08. The molecule has 19 heavy (non-hydrogen) atoms. The number of carboxylic acids is 1. The molecule has 5 nitrogen and oxygen atoms in total. The number of nitrogens with one attached hydrogen (secondary N) is 1. The first-order valence-electron chi connectivity index (χ1n) is 6.39. The molecule has 0 aliphatic carbocycles. The number of benzene rings is 1. The highest BCUT2D eigenvalue weighted by molar-refractivity contribution is 5.87. The molecule has 1 aromatic rings. The maximum Gasteiger partial charge on any atom is 0.335 e. The number of aromatic carboxylic acids is 1. The van der Waals surface area contributed by atoms with Crippen molar-refractivity contribution in [2.45, 2.75) is 20.4 Å². The summed E-state index contributed by atoms with van der Waals surface area (Å²) in [6.45, 7) is 6.03. The summed E-state index contributed by atoms with van der Waals surface area (Å²) in [5.41, 5.74) is 1.11. The fourth-order valence-corrected chi connectivity index (χ4v) is 1.82. The molecule has 0 saturated carbocycles. The van der Waals surface area contributed by atoms with Crippen LogP contribution in [0.3, 0.4) is 0 Å². The molecule has 0 bridgehead atoms. The molecular formula is C14H20N2O3. The Hall–Kier alpha value is -1.88. The molecule has 0 radical (unpaired) electrons. The third kappa shape index (κ3) is 4.71. The molecule has 1 rings (SSSR count). The second-order valence-corrected chi connectivity index (χ2v) is 4.18. The summed E-state index contributed by atoms with van der Waals surface area (Å²) in [6.07, 6.45) is 0. The van der Waals surface area contributed by atoms with E-state index in [0.29, 0.717) is 19.6 Å². The zero-order valence-electron chi connectivity index (χ0n) is 11.3. The van der Waals surface area contributed by atoms with E-state index in [1.54, 1.807) is 23.1 Å². The van der Waals surface area contributed by atoms with Crippen LogP contribution in [0.4, 0.5) is 0 Å². The predicted octanol–water partition coefficient (Wildman–Crippen LogP) is 1.34. The molecule has 0 aromatic heterocycles. The summed E-state index contributed by atoms with van der Waals surface area (Å²) in [5.74, 6) is -0.888. The van der Waals surface area contributed by atoms with Gasteiger partial charge in [-0.25, -0.2) is 4.79 Å². The molecule has 0 fully saturated rings. The van der Waals surface area contributed by atoms with E-state index in [2.05, 4.69) is 5.32 Å². The van der Waals surface area contributed by atoms with Crippen molar-refractivity contribution in [3.63, 3.8) is 0 Å². The number of carbonyl (C=O) groups excluding carboxylic acids is 1. The Morgan fingerprint density at radius 1 is 1.26 bits per heavy atom. The summed E-state index contributed by atoms with van der Waals surface area (Å²) in [4.78, 5) is 24.3. The highest BCUT2D eigenvalue weighted by atomic mass is 16.4. The minimum atomic E-state index is -0.943. The maximum atomic E-state index is 11.7. The largest absolute Gasteiger partial charge is 0.478 e. The Morgan fingerprint density at radius 2 is 1.95 bits per heavy atom. The van der Waals surface area contributed by atoms with Crippen LogP contribution >= 0.6 is 0 Å². The Balaban J connectivity index is 2.47. The van der Waals surface area contributed by atoms with Crippen LogP contribution < -0.4 is 5.32 Å². The minimum absolute atomic E-state index is 0.0550. The van der Waals surface area contributed by atoms with Crippen LogP contribution in [0.15, 0.2) is 24.3 Å². The zero-order valence-corrected chi connectivity index (χ0v) is 11.3. The fraction of sp³-hybridized carbons (Fsp3) is 0.429. The number of amides is 1. The van der Waals surface area contributed by atoms with Gasteiger partial charge in [-0.3, -0.25) is 4.79 Å². The molecule has 104 valence electrons. The van der Waals surface area contributed by atoms with Crippen LogP contribution in [0.25, 0.3) is 0 Å². The quantitative estimate of drug-likeness (QED) is 0.780. The Labute approximate surface area is 113 Å². The van der Waals surface area contributed by atoms with Gasteiger partial charge in [-0.2, -0.15) is 0 Å².